The van der Waals surface area contributed by atoms with Crippen LogP contribution in [0.3, 0.4) is 0 Å². The minimum atomic E-state index is 0.375. The van der Waals surface area contributed by atoms with Crippen LogP contribution in [-0.4, -0.2) is 5.78 Å². The molecule has 1 nitrogen and oxygen atoms in total. The minimum absolute atomic E-state index is 0.375. The average Bonchev–Trinajstić information content (AvgIpc) is 2.29. The molecule has 2 unspecified atom stereocenters. The first-order chi connectivity index (χ1) is 7.57. The molecule has 1 fully saturated rings. The fourth-order valence-corrected chi connectivity index (χ4v) is 3.19. The third-order valence-electron chi connectivity index (χ3n) is 4.56. The number of Topliss-reactive ketones (excluding diaryl/α,β-unsaturated/α-hetero) is 1. The van der Waals surface area contributed by atoms with Gasteiger partial charge in [-0.1, -0.05) is 32.1 Å². The minimum Gasteiger partial charge on any atom is -0.295 e. The zero-order valence-corrected chi connectivity index (χ0v) is 10.6. The Labute approximate surface area is 98.6 Å². The van der Waals surface area contributed by atoms with Crippen LogP contribution in [0.2, 0.25) is 0 Å². The van der Waals surface area contributed by atoms with E-state index < -0.39 is 0 Å². The fraction of sp³-hybridized carbons (Fsp3) is 0.667. The Hall–Kier alpha value is -0.850. The van der Waals surface area contributed by atoms with E-state index in [2.05, 4.69) is 26.0 Å². The van der Waals surface area contributed by atoms with Crippen molar-refractivity contribution in [2.75, 3.05) is 0 Å². The highest BCUT2D eigenvalue weighted by atomic mass is 16.1. The van der Waals surface area contributed by atoms with Crippen LogP contribution < -0.4 is 0 Å². The highest BCUT2D eigenvalue weighted by molar-refractivity contribution is 5.96. The summed E-state index contributed by atoms with van der Waals surface area (Å²) < 4.78 is 0. The summed E-state index contributed by atoms with van der Waals surface area (Å²) in [5.41, 5.74) is 1.51. The van der Waals surface area contributed by atoms with Gasteiger partial charge in [0.15, 0.2) is 5.78 Å². The van der Waals surface area contributed by atoms with Gasteiger partial charge in [0.05, 0.1) is 0 Å². The van der Waals surface area contributed by atoms with E-state index in [0.717, 1.165) is 24.3 Å². The van der Waals surface area contributed by atoms with Gasteiger partial charge in [-0.25, -0.2) is 0 Å². The molecule has 0 aromatic carbocycles. The Morgan fingerprint density at radius 2 is 2.31 bits per heavy atom. The third kappa shape index (κ3) is 1.77. The molecule has 0 aromatic rings. The van der Waals surface area contributed by atoms with Gasteiger partial charge in [0.1, 0.15) is 0 Å². The van der Waals surface area contributed by atoms with Crippen LogP contribution in [-0.2, 0) is 4.79 Å². The lowest BCUT2D eigenvalue weighted by Crippen LogP contribution is -2.49. The second kappa shape index (κ2) is 4.20. The van der Waals surface area contributed by atoms with Gasteiger partial charge in [-0.15, -0.1) is 0 Å². The molecule has 0 aliphatic heterocycles. The van der Waals surface area contributed by atoms with Gasteiger partial charge in [0.25, 0.3) is 0 Å². The number of rotatable bonds is 4. The van der Waals surface area contributed by atoms with Crippen molar-refractivity contribution in [3.05, 3.63) is 23.8 Å². The molecular weight excluding hydrogens is 196 g/mol. The van der Waals surface area contributed by atoms with E-state index in [1.807, 2.05) is 13.0 Å². The number of ketones is 1. The molecule has 0 amide bonds. The summed E-state index contributed by atoms with van der Waals surface area (Å²) >= 11 is 0. The lowest BCUT2D eigenvalue weighted by Gasteiger charge is -2.56. The summed E-state index contributed by atoms with van der Waals surface area (Å²) in [6.07, 6.45) is 10.3. The molecule has 88 valence electrons. The molecule has 3 aliphatic rings. The molecule has 3 rings (SSSR count). The van der Waals surface area contributed by atoms with E-state index >= 15 is 0 Å². The molecule has 0 radical (unpaired) electrons. The molecule has 1 saturated carbocycles. The van der Waals surface area contributed by atoms with Crippen molar-refractivity contribution in [3.8, 4) is 0 Å². The second-order valence-corrected chi connectivity index (χ2v) is 5.73. The lowest BCUT2D eigenvalue weighted by atomic mass is 9.48. The van der Waals surface area contributed by atoms with Crippen molar-refractivity contribution in [3.63, 3.8) is 0 Å². The maximum absolute atomic E-state index is 12.1. The van der Waals surface area contributed by atoms with Crippen molar-refractivity contribution in [2.24, 2.45) is 17.3 Å². The van der Waals surface area contributed by atoms with E-state index in [-0.39, 0.29) is 0 Å². The SMILES string of the molecule is CC=CCCC(=O)C1=CCC2CC1C2(C)C. The Kier molecular flexibility index (Phi) is 3.05. The number of hydrogen-bond acceptors (Lipinski definition) is 1. The van der Waals surface area contributed by atoms with Gasteiger partial charge >= 0.3 is 0 Å². The Morgan fingerprint density at radius 1 is 1.56 bits per heavy atom. The summed E-state index contributed by atoms with van der Waals surface area (Å²) in [7, 11) is 0. The predicted molar refractivity (Wildman–Crippen MR) is 67.1 cm³/mol. The normalized spacial score (nSPS) is 31.1. The highest BCUT2D eigenvalue weighted by Gasteiger charge is 2.52. The van der Waals surface area contributed by atoms with E-state index in [1.54, 1.807) is 0 Å². The number of fused-ring (bicyclic) bond motifs is 1. The second-order valence-electron chi connectivity index (χ2n) is 5.73. The number of allylic oxidation sites excluding steroid dienone is 4. The lowest BCUT2D eigenvalue weighted by molar-refractivity contribution is -0.119. The molecule has 2 atom stereocenters. The first kappa shape index (κ1) is 11.6. The molecule has 2 bridgehead atoms. The average molecular weight is 218 g/mol. The molecule has 0 aromatic heterocycles. The summed E-state index contributed by atoms with van der Waals surface area (Å²) in [5.74, 6) is 1.75. The van der Waals surface area contributed by atoms with Crippen LogP contribution in [0.4, 0.5) is 0 Å². The van der Waals surface area contributed by atoms with Gasteiger partial charge in [-0.05, 0) is 49.0 Å². The molecule has 3 aliphatic carbocycles. The van der Waals surface area contributed by atoms with Crippen molar-refractivity contribution >= 4 is 5.78 Å². The van der Waals surface area contributed by atoms with Crippen LogP contribution in [0.25, 0.3) is 0 Å². The van der Waals surface area contributed by atoms with E-state index in [0.29, 0.717) is 23.5 Å². The Bertz CT molecular complexity index is 346. The monoisotopic (exact) mass is 218 g/mol. The largest absolute Gasteiger partial charge is 0.295 e. The summed E-state index contributed by atoms with van der Waals surface area (Å²) in [5, 5.41) is 0. The van der Waals surface area contributed by atoms with Gasteiger partial charge in [-0.2, -0.15) is 0 Å². The van der Waals surface area contributed by atoms with E-state index in [1.165, 1.54) is 6.42 Å². The molecule has 0 heterocycles. The predicted octanol–water partition coefficient (Wildman–Crippen LogP) is 3.90. The third-order valence-corrected chi connectivity index (χ3v) is 4.56. The molecule has 1 heteroatoms. The summed E-state index contributed by atoms with van der Waals surface area (Å²) in [6.45, 7) is 6.64. The van der Waals surface area contributed by atoms with Gasteiger partial charge < -0.3 is 0 Å². The molecular formula is C15H22O. The Morgan fingerprint density at radius 3 is 2.88 bits per heavy atom. The van der Waals surface area contributed by atoms with Crippen LogP contribution in [0.5, 0.6) is 0 Å². The first-order valence-electron chi connectivity index (χ1n) is 6.41. The maximum Gasteiger partial charge on any atom is 0.159 e. The molecule has 16 heavy (non-hydrogen) atoms. The van der Waals surface area contributed by atoms with Crippen molar-refractivity contribution < 1.29 is 4.79 Å². The van der Waals surface area contributed by atoms with Crippen LogP contribution >= 0.6 is 0 Å². The number of carbonyl (C=O) groups is 1. The highest BCUT2D eigenvalue weighted by Crippen LogP contribution is 2.59. The molecule has 0 spiro atoms. The summed E-state index contributed by atoms with van der Waals surface area (Å²) in [4.78, 5) is 12.1. The van der Waals surface area contributed by atoms with Gasteiger partial charge in [-0.3, -0.25) is 4.79 Å². The van der Waals surface area contributed by atoms with Crippen LogP contribution in [0.1, 0.15) is 46.5 Å². The molecule has 0 N–H and O–H groups in total. The quantitative estimate of drug-likeness (QED) is 0.654. The number of carbonyl (C=O) groups excluding carboxylic acids is 1. The van der Waals surface area contributed by atoms with Crippen molar-refractivity contribution in [1.82, 2.24) is 0 Å². The van der Waals surface area contributed by atoms with Gasteiger partial charge in [0.2, 0.25) is 0 Å². The standard InChI is InChI=1S/C15H22O/c1-4-5-6-7-14(16)12-9-8-11-10-13(12)15(11,2)3/h4-5,9,11,13H,6-8,10H2,1-3H3. The first-order valence-corrected chi connectivity index (χ1v) is 6.41. The zero-order valence-electron chi connectivity index (χ0n) is 10.6. The van der Waals surface area contributed by atoms with Crippen LogP contribution in [0, 0.1) is 17.3 Å². The smallest absolute Gasteiger partial charge is 0.159 e. The van der Waals surface area contributed by atoms with Crippen molar-refractivity contribution in [1.29, 1.82) is 0 Å². The van der Waals surface area contributed by atoms with E-state index in [4.69, 9.17) is 0 Å². The summed E-state index contributed by atoms with van der Waals surface area (Å²) in [6, 6.07) is 0. The fourth-order valence-electron chi connectivity index (χ4n) is 3.19. The van der Waals surface area contributed by atoms with Gasteiger partial charge in [0, 0.05) is 6.42 Å². The molecule has 0 saturated heterocycles. The van der Waals surface area contributed by atoms with Crippen molar-refractivity contribution in [2.45, 2.75) is 46.5 Å². The Balaban J connectivity index is 2.00. The number of hydrogen-bond donors (Lipinski definition) is 0. The maximum atomic E-state index is 12.1. The topological polar surface area (TPSA) is 17.1 Å². The zero-order chi connectivity index (χ0) is 11.8. The van der Waals surface area contributed by atoms with E-state index in [9.17, 15) is 4.79 Å². The van der Waals surface area contributed by atoms with Crippen LogP contribution in [0.15, 0.2) is 23.8 Å².